The Morgan fingerprint density at radius 1 is 1.35 bits per heavy atom. The summed E-state index contributed by atoms with van der Waals surface area (Å²) in [5.74, 6) is -2.31. The molecule has 0 aliphatic heterocycles. The van der Waals surface area contributed by atoms with Crippen LogP contribution in [0.15, 0.2) is 17.8 Å². The number of hydrogen-bond donors (Lipinski definition) is 2. The van der Waals surface area contributed by atoms with Gasteiger partial charge in [0.15, 0.2) is 17.1 Å². The molecule has 0 aliphatic carbocycles. The number of amides is 1. The van der Waals surface area contributed by atoms with Crippen LogP contribution in [0.4, 0.5) is 19.0 Å². The quantitative estimate of drug-likeness (QED) is 0.884. The number of aliphatic carboxylic acids is 1. The minimum atomic E-state index is -4.68. The van der Waals surface area contributed by atoms with Gasteiger partial charge in [0.1, 0.15) is 4.88 Å². The fraction of sp³-hybridized carbons (Fsp3) is 0.333. The molecule has 0 unspecified atom stereocenters. The molecule has 0 aromatic carbocycles. The summed E-state index contributed by atoms with van der Waals surface area (Å²) in [5, 5.41) is 15.1. The van der Waals surface area contributed by atoms with Crippen molar-refractivity contribution in [1.29, 1.82) is 0 Å². The van der Waals surface area contributed by atoms with Gasteiger partial charge in [0.05, 0.1) is 5.51 Å². The van der Waals surface area contributed by atoms with Crippen LogP contribution in [-0.2, 0) is 16.5 Å². The number of anilines is 1. The highest BCUT2D eigenvalue weighted by Crippen LogP contribution is 2.34. The Morgan fingerprint density at radius 2 is 2.00 bits per heavy atom. The van der Waals surface area contributed by atoms with E-state index in [1.807, 2.05) is 0 Å². The number of carboxylic acids is 1. The number of carboxylic acid groups (broad SMARTS) is 1. The minimum Gasteiger partial charge on any atom is -0.479 e. The van der Waals surface area contributed by atoms with Crippen molar-refractivity contribution in [2.75, 3.05) is 5.32 Å². The molecule has 0 atom stereocenters. The van der Waals surface area contributed by atoms with E-state index in [-0.39, 0.29) is 5.82 Å². The van der Waals surface area contributed by atoms with Crippen LogP contribution in [0, 0.1) is 0 Å². The van der Waals surface area contributed by atoms with E-state index in [1.165, 1.54) is 26.1 Å². The summed E-state index contributed by atoms with van der Waals surface area (Å²) in [5.41, 5.74) is -1.21. The number of carbonyl (C=O) groups excluding carboxylic acids is 1. The molecule has 2 aromatic heterocycles. The van der Waals surface area contributed by atoms with Gasteiger partial charge in [-0.3, -0.25) is 9.48 Å². The Kier molecular flexibility index (Phi) is 4.16. The van der Waals surface area contributed by atoms with E-state index in [9.17, 15) is 22.8 Å². The van der Waals surface area contributed by atoms with Gasteiger partial charge >= 0.3 is 12.1 Å². The van der Waals surface area contributed by atoms with E-state index in [2.05, 4.69) is 15.4 Å². The smallest absolute Gasteiger partial charge is 0.427 e. The Bertz CT molecular complexity index is 751. The lowest BCUT2D eigenvalue weighted by Gasteiger charge is -2.19. The zero-order valence-electron chi connectivity index (χ0n) is 11.9. The van der Waals surface area contributed by atoms with Gasteiger partial charge in [0.2, 0.25) is 0 Å². The predicted molar refractivity (Wildman–Crippen MR) is 74.3 cm³/mol. The molecule has 2 aromatic rings. The van der Waals surface area contributed by atoms with Crippen molar-refractivity contribution in [3.8, 4) is 0 Å². The van der Waals surface area contributed by atoms with Crippen molar-refractivity contribution in [3.05, 3.63) is 28.3 Å². The molecule has 0 aliphatic rings. The predicted octanol–water partition coefficient (Wildman–Crippen LogP) is 2.43. The molecule has 2 rings (SSSR count). The molecule has 11 heteroatoms. The summed E-state index contributed by atoms with van der Waals surface area (Å²) in [6, 6.07) is 1.28. The molecule has 2 N–H and O–H groups in total. The van der Waals surface area contributed by atoms with E-state index < -0.39 is 34.2 Å². The van der Waals surface area contributed by atoms with Gasteiger partial charge in [-0.25, -0.2) is 9.78 Å². The second kappa shape index (κ2) is 5.65. The number of carbonyl (C=O) groups is 2. The zero-order chi connectivity index (χ0) is 17.4. The number of nitrogens with one attached hydrogen (secondary N) is 1. The molecular weight excluding hydrogens is 337 g/mol. The lowest BCUT2D eigenvalue weighted by atomic mass is 10.1. The van der Waals surface area contributed by atoms with E-state index in [0.717, 1.165) is 10.2 Å². The van der Waals surface area contributed by atoms with Crippen LogP contribution < -0.4 is 5.32 Å². The molecular formula is C12H11F3N4O3S. The first kappa shape index (κ1) is 16.9. The third-order valence-electron chi connectivity index (χ3n) is 2.97. The van der Waals surface area contributed by atoms with Crippen LogP contribution in [-0.4, -0.2) is 31.7 Å². The van der Waals surface area contributed by atoms with Gasteiger partial charge in [0, 0.05) is 12.3 Å². The van der Waals surface area contributed by atoms with Crippen molar-refractivity contribution < 1.29 is 27.9 Å². The number of alkyl halides is 3. The van der Waals surface area contributed by atoms with Gasteiger partial charge in [-0.1, -0.05) is 0 Å². The molecule has 1 amide bonds. The first-order valence-corrected chi connectivity index (χ1v) is 7.03. The van der Waals surface area contributed by atoms with E-state index >= 15 is 0 Å². The second-order valence-electron chi connectivity index (χ2n) is 4.99. The van der Waals surface area contributed by atoms with Crippen LogP contribution in [0.3, 0.4) is 0 Å². The first-order valence-electron chi connectivity index (χ1n) is 6.15. The van der Waals surface area contributed by atoms with Gasteiger partial charge in [-0.05, 0) is 13.8 Å². The lowest BCUT2D eigenvalue weighted by molar-refractivity contribution is -0.146. The van der Waals surface area contributed by atoms with Crippen molar-refractivity contribution in [2.24, 2.45) is 0 Å². The number of rotatable bonds is 4. The molecule has 2 heterocycles. The van der Waals surface area contributed by atoms with E-state index in [0.29, 0.717) is 11.3 Å². The van der Waals surface area contributed by atoms with Crippen LogP contribution in [0.2, 0.25) is 0 Å². The Hall–Kier alpha value is -2.43. The highest BCUT2D eigenvalue weighted by Gasteiger charge is 2.38. The first-order chi connectivity index (χ1) is 10.5. The second-order valence-corrected chi connectivity index (χ2v) is 5.85. The summed E-state index contributed by atoms with van der Waals surface area (Å²) in [6.45, 7) is 2.77. The van der Waals surface area contributed by atoms with Gasteiger partial charge in [0.25, 0.3) is 5.91 Å². The average molecular weight is 348 g/mol. The fourth-order valence-electron chi connectivity index (χ4n) is 1.58. The Balaban J connectivity index is 2.21. The Labute approximate surface area is 131 Å². The SMILES string of the molecule is CC(C)(C(=O)O)n1ccc(NC(=O)c2ncsc2C(F)(F)F)n1. The third kappa shape index (κ3) is 3.33. The molecule has 23 heavy (non-hydrogen) atoms. The average Bonchev–Trinajstić information content (AvgIpc) is 3.06. The largest absolute Gasteiger partial charge is 0.479 e. The maximum Gasteiger partial charge on any atom is 0.427 e. The van der Waals surface area contributed by atoms with Gasteiger partial charge < -0.3 is 10.4 Å². The highest BCUT2D eigenvalue weighted by molar-refractivity contribution is 7.10. The summed E-state index contributed by atoms with van der Waals surface area (Å²) < 4.78 is 39.3. The summed E-state index contributed by atoms with van der Waals surface area (Å²) in [4.78, 5) is 25.3. The maximum absolute atomic E-state index is 12.7. The third-order valence-corrected chi connectivity index (χ3v) is 3.84. The molecule has 0 saturated carbocycles. The molecule has 0 spiro atoms. The topological polar surface area (TPSA) is 97.1 Å². The van der Waals surface area contributed by atoms with E-state index in [1.54, 1.807) is 0 Å². The molecule has 124 valence electrons. The van der Waals surface area contributed by atoms with E-state index in [4.69, 9.17) is 5.11 Å². The van der Waals surface area contributed by atoms with Crippen molar-refractivity contribution in [2.45, 2.75) is 25.6 Å². The lowest BCUT2D eigenvalue weighted by Crippen LogP contribution is -2.36. The monoisotopic (exact) mass is 348 g/mol. The van der Waals surface area contributed by atoms with Gasteiger partial charge in [-0.2, -0.15) is 18.3 Å². The number of aromatic nitrogens is 3. The maximum atomic E-state index is 12.7. The summed E-state index contributed by atoms with van der Waals surface area (Å²) in [7, 11) is 0. The summed E-state index contributed by atoms with van der Waals surface area (Å²) in [6.07, 6.45) is -3.38. The molecule has 0 bridgehead atoms. The van der Waals surface area contributed by atoms with Crippen LogP contribution >= 0.6 is 11.3 Å². The molecule has 0 radical (unpaired) electrons. The van der Waals surface area contributed by atoms with Crippen molar-refractivity contribution in [1.82, 2.24) is 14.8 Å². The van der Waals surface area contributed by atoms with Crippen LogP contribution in [0.5, 0.6) is 0 Å². The number of nitrogens with zero attached hydrogens (tertiary/aromatic N) is 3. The minimum absolute atomic E-state index is 0.0783. The van der Waals surface area contributed by atoms with Crippen molar-refractivity contribution in [3.63, 3.8) is 0 Å². The summed E-state index contributed by atoms with van der Waals surface area (Å²) >= 11 is 0.308. The molecule has 7 nitrogen and oxygen atoms in total. The number of hydrogen-bond acceptors (Lipinski definition) is 5. The standard InChI is InChI=1S/C12H11F3N4O3S/c1-11(2,10(21)22)19-4-3-6(18-19)17-9(20)7-8(12(13,14)15)23-5-16-7/h3-5H,1-2H3,(H,21,22)(H,17,18,20). The Morgan fingerprint density at radius 3 is 2.57 bits per heavy atom. The molecule has 0 saturated heterocycles. The zero-order valence-corrected chi connectivity index (χ0v) is 12.7. The number of thiazole rings is 1. The normalized spacial score (nSPS) is 12.2. The van der Waals surface area contributed by atoms with Gasteiger partial charge in [-0.15, -0.1) is 11.3 Å². The van der Waals surface area contributed by atoms with Crippen LogP contribution in [0.25, 0.3) is 0 Å². The van der Waals surface area contributed by atoms with Crippen molar-refractivity contribution >= 4 is 29.0 Å². The molecule has 0 fully saturated rings. The highest BCUT2D eigenvalue weighted by atomic mass is 32.1. The van der Waals surface area contributed by atoms with Crippen LogP contribution in [0.1, 0.15) is 29.2 Å². The number of halogens is 3. The fourth-order valence-corrected chi connectivity index (χ4v) is 2.24.